The molecule has 0 saturated carbocycles. The number of thiazole rings is 1. The number of para-hydroxylation sites is 2. The smallest absolute Gasteiger partial charge is 0.258 e. The second-order valence-electron chi connectivity index (χ2n) is 6.42. The van der Waals surface area contributed by atoms with Gasteiger partial charge in [0.05, 0.1) is 21.3 Å². The van der Waals surface area contributed by atoms with Gasteiger partial charge in [-0.05, 0) is 43.3 Å². The average Bonchev–Trinajstić information content (AvgIpc) is 3.32. The normalized spacial score (nSPS) is 11.2. The third kappa shape index (κ3) is 2.93. The SMILES string of the molecule is Cc1ccc(-c2cc(C(=O)Nc3nc4ccccc4s3)c3ccccc3n2)o1. The summed E-state index contributed by atoms with van der Waals surface area (Å²) in [6.07, 6.45) is 0. The van der Waals surface area contributed by atoms with Gasteiger partial charge in [-0.1, -0.05) is 41.7 Å². The summed E-state index contributed by atoms with van der Waals surface area (Å²) in [5.41, 5.74) is 2.77. The zero-order valence-electron chi connectivity index (χ0n) is 15.0. The zero-order valence-corrected chi connectivity index (χ0v) is 15.8. The lowest BCUT2D eigenvalue weighted by Crippen LogP contribution is -2.12. The molecule has 5 nitrogen and oxygen atoms in total. The van der Waals surface area contributed by atoms with Crippen LogP contribution in [0.25, 0.3) is 32.6 Å². The Morgan fingerprint density at radius 1 is 0.964 bits per heavy atom. The highest BCUT2D eigenvalue weighted by atomic mass is 32.1. The third-order valence-corrected chi connectivity index (χ3v) is 5.42. The summed E-state index contributed by atoms with van der Waals surface area (Å²) in [6.45, 7) is 1.88. The maximum absolute atomic E-state index is 13.1. The minimum atomic E-state index is -0.220. The number of hydrogen-bond donors (Lipinski definition) is 1. The van der Waals surface area contributed by atoms with Crippen molar-refractivity contribution in [1.29, 1.82) is 0 Å². The van der Waals surface area contributed by atoms with Crippen molar-refractivity contribution >= 4 is 43.5 Å². The molecule has 136 valence electrons. The van der Waals surface area contributed by atoms with Gasteiger partial charge in [0.15, 0.2) is 10.9 Å². The number of aromatic nitrogens is 2. The molecule has 1 amide bonds. The molecule has 3 heterocycles. The summed E-state index contributed by atoms with van der Waals surface area (Å²) in [4.78, 5) is 22.2. The molecule has 5 rings (SSSR count). The first-order valence-electron chi connectivity index (χ1n) is 8.81. The van der Waals surface area contributed by atoms with E-state index in [2.05, 4.69) is 15.3 Å². The molecule has 0 spiro atoms. The van der Waals surface area contributed by atoms with Gasteiger partial charge >= 0.3 is 0 Å². The molecule has 0 bridgehead atoms. The van der Waals surface area contributed by atoms with E-state index >= 15 is 0 Å². The van der Waals surface area contributed by atoms with Gasteiger partial charge in [0, 0.05) is 5.39 Å². The molecule has 0 aliphatic carbocycles. The number of pyridine rings is 1. The lowest BCUT2D eigenvalue weighted by Gasteiger charge is -2.08. The molecule has 0 aliphatic heterocycles. The summed E-state index contributed by atoms with van der Waals surface area (Å²) in [5, 5.41) is 4.29. The van der Waals surface area contributed by atoms with Crippen LogP contribution in [0.5, 0.6) is 0 Å². The fourth-order valence-electron chi connectivity index (χ4n) is 3.15. The molecular formula is C22H15N3O2S. The van der Waals surface area contributed by atoms with Crippen LogP contribution in [0.15, 0.2) is 71.1 Å². The van der Waals surface area contributed by atoms with Crippen molar-refractivity contribution in [3.8, 4) is 11.5 Å². The molecule has 6 heteroatoms. The molecule has 0 fully saturated rings. The number of carbonyl (C=O) groups excluding carboxylic acids is 1. The van der Waals surface area contributed by atoms with Crippen LogP contribution < -0.4 is 5.32 Å². The van der Waals surface area contributed by atoms with Crippen molar-refractivity contribution in [3.05, 3.63) is 78.1 Å². The van der Waals surface area contributed by atoms with Gasteiger partial charge in [-0.15, -0.1) is 0 Å². The van der Waals surface area contributed by atoms with E-state index in [1.54, 1.807) is 6.07 Å². The number of rotatable bonds is 3. The molecule has 28 heavy (non-hydrogen) atoms. The predicted molar refractivity (Wildman–Crippen MR) is 112 cm³/mol. The molecule has 2 aromatic carbocycles. The Labute approximate surface area is 164 Å². The van der Waals surface area contributed by atoms with E-state index in [1.165, 1.54) is 11.3 Å². The Bertz CT molecular complexity index is 1300. The average molecular weight is 385 g/mol. The minimum absolute atomic E-state index is 0.220. The first kappa shape index (κ1) is 16.6. The van der Waals surface area contributed by atoms with Crippen LogP contribution in [0.1, 0.15) is 16.1 Å². The van der Waals surface area contributed by atoms with Crippen molar-refractivity contribution in [2.75, 3.05) is 5.32 Å². The Kier molecular flexibility index (Phi) is 3.91. The quantitative estimate of drug-likeness (QED) is 0.435. The van der Waals surface area contributed by atoms with Crippen molar-refractivity contribution in [2.24, 2.45) is 0 Å². The van der Waals surface area contributed by atoms with Crippen LogP contribution in [-0.2, 0) is 0 Å². The highest BCUT2D eigenvalue weighted by molar-refractivity contribution is 7.22. The van der Waals surface area contributed by atoms with Crippen molar-refractivity contribution < 1.29 is 9.21 Å². The lowest BCUT2D eigenvalue weighted by atomic mass is 10.1. The monoisotopic (exact) mass is 385 g/mol. The zero-order chi connectivity index (χ0) is 19.1. The number of amides is 1. The fourth-order valence-corrected chi connectivity index (χ4v) is 4.01. The number of fused-ring (bicyclic) bond motifs is 2. The lowest BCUT2D eigenvalue weighted by molar-refractivity contribution is 0.102. The summed E-state index contributed by atoms with van der Waals surface area (Å²) in [5.74, 6) is 1.21. The summed E-state index contributed by atoms with van der Waals surface area (Å²) in [6, 6.07) is 20.9. The Balaban J connectivity index is 1.59. The number of aryl methyl sites for hydroxylation is 1. The second kappa shape index (κ2) is 6.58. The number of hydrogen-bond acceptors (Lipinski definition) is 5. The van der Waals surface area contributed by atoms with Crippen LogP contribution >= 0.6 is 11.3 Å². The largest absolute Gasteiger partial charge is 0.460 e. The topological polar surface area (TPSA) is 68.0 Å². The number of nitrogens with zero attached hydrogens (tertiary/aromatic N) is 2. The van der Waals surface area contributed by atoms with Crippen molar-refractivity contribution in [1.82, 2.24) is 9.97 Å². The van der Waals surface area contributed by atoms with Gasteiger partial charge in [-0.3, -0.25) is 10.1 Å². The van der Waals surface area contributed by atoms with E-state index in [9.17, 15) is 4.79 Å². The molecule has 5 aromatic rings. The van der Waals surface area contributed by atoms with Gasteiger partial charge in [-0.2, -0.15) is 0 Å². The van der Waals surface area contributed by atoms with Crippen LogP contribution in [0.2, 0.25) is 0 Å². The summed E-state index contributed by atoms with van der Waals surface area (Å²) >= 11 is 1.45. The van der Waals surface area contributed by atoms with Crippen LogP contribution in [-0.4, -0.2) is 15.9 Å². The van der Waals surface area contributed by atoms with Crippen LogP contribution in [0, 0.1) is 6.92 Å². The standard InChI is InChI=1S/C22H15N3O2S/c1-13-10-11-19(27-13)18-12-15(14-6-2-3-7-16(14)23-18)21(26)25-22-24-17-8-4-5-9-20(17)28-22/h2-12H,1H3,(H,24,25,26). The molecule has 0 unspecified atom stereocenters. The first-order valence-corrected chi connectivity index (χ1v) is 9.62. The number of nitrogens with one attached hydrogen (secondary N) is 1. The second-order valence-corrected chi connectivity index (χ2v) is 7.45. The molecule has 1 N–H and O–H groups in total. The number of carbonyl (C=O) groups is 1. The molecule has 0 saturated heterocycles. The number of anilines is 1. The Hall–Kier alpha value is -3.51. The van der Waals surface area contributed by atoms with Crippen LogP contribution in [0.3, 0.4) is 0 Å². The predicted octanol–water partition coefficient (Wildman–Crippen LogP) is 5.67. The molecular weight excluding hydrogens is 370 g/mol. The van der Waals surface area contributed by atoms with E-state index in [0.717, 1.165) is 26.9 Å². The van der Waals surface area contributed by atoms with Gasteiger partial charge in [0.25, 0.3) is 5.91 Å². The Morgan fingerprint density at radius 2 is 1.75 bits per heavy atom. The van der Waals surface area contributed by atoms with Gasteiger partial charge in [-0.25, -0.2) is 9.97 Å². The van der Waals surface area contributed by atoms with Gasteiger partial charge < -0.3 is 4.42 Å². The molecule has 0 atom stereocenters. The highest BCUT2D eigenvalue weighted by Crippen LogP contribution is 2.29. The first-order chi connectivity index (χ1) is 13.7. The third-order valence-electron chi connectivity index (χ3n) is 4.47. The minimum Gasteiger partial charge on any atom is -0.460 e. The fraction of sp³-hybridized carbons (Fsp3) is 0.0455. The Morgan fingerprint density at radius 3 is 2.54 bits per heavy atom. The maximum Gasteiger partial charge on any atom is 0.258 e. The van der Waals surface area contributed by atoms with E-state index < -0.39 is 0 Å². The van der Waals surface area contributed by atoms with Crippen molar-refractivity contribution in [3.63, 3.8) is 0 Å². The summed E-state index contributed by atoms with van der Waals surface area (Å²) in [7, 11) is 0. The molecule has 0 aliphatic rings. The summed E-state index contributed by atoms with van der Waals surface area (Å²) < 4.78 is 6.74. The molecule has 3 aromatic heterocycles. The van der Waals surface area contributed by atoms with Gasteiger partial charge in [0.1, 0.15) is 11.5 Å². The maximum atomic E-state index is 13.1. The van der Waals surface area contributed by atoms with E-state index in [4.69, 9.17) is 4.42 Å². The molecule has 0 radical (unpaired) electrons. The van der Waals surface area contributed by atoms with Crippen molar-refractivity contribution in [2.45, 2.75) is 6.92 Å². The number of furan rings is 1. The van der Waals surface area contributed by atoms with E-state index in [-0.39, 0.29) is 5.91 Å². The van der Waals surface area contributed by atoms with Gasteiger partial charge in [0.2, 0.25) is 0 Å². The van der Waals surface area contributed by atoms with E-state index in [0.29, 0.717) is 22.1 Å². The highest BCUT2D eigenvalue weighted by Gasteiger charge is 2.17. The van der Waals surface area contributed by atoms with Crippen LogP contribution in [0.4, 0.5) is 5.13 Å². The number of benzene rings is 2. The van der Waals surface area contributed by atoms with E-state index in [1.807, 2.05) is 67.6 Å².